The van der Waals surface area contributed by atoms with Gasteiger partial charge in [0, 0.05) is 38.5 Å². The van der Waals surface area contributed by atoms with E-state index in [1.165, 1.54) is 44.9 Å². The summed E-state index contributed by atoms with van der Waals surface area (Å²) in [6.45, 7) is 3.29. The van der Waals surface area contributed by atoms with Crippen molar-refractivity contribution < 1.29 is 4.74 Å². The van der Waals surface area contributed by atoms with E-state index in [4.69, 9.17) is 4.74 Å². The molecule has 1 aliphatic carbocycles. The van der Waals surface area contributed by atoms with E-state index in [-0.39, 0.29) is 0 Å². The molecule has 0 radical (unpaired) electrons. The van der Waals surface area contributed by atoms with Gasteiger partial charge in [-0.25, -0.2) is 0 Å². The second-order valence-corrected chi connectivity index (χ2v) is 7.36. The van der Waals surface area contributed by atoms with E-state index in [2.05, 4.69) is 21.3 Å². The highest BCUT2D eigenvalue weighted by molar-refractivity contribution is 5.80. The number of likely N-dealkylation sites (tertiary alicyclic amines) is 1. The molecule has 4 aliphatic rings. The summed E-state index contributed by atoms with van der Waals surface area (Å²) >= 11 is 0. The van der Waals surface area contributed by atoms with Crippen LogP contribution in [0.3, 0.4) is 0 Å². The SMILES string of the molecule is CN=C(NCCC1=CCCCC1)N1CC2C3CCC(O3)C2C1. The van der Waals surface area contributed by atoms with Crippen LogP contribution in [0.5, 0.6) is 0 Å². The summed E-state index contributed by atoms with van der Waals surface area (Å²) in [5.74, 6) is 2.60. The van der Waals surface area contributed by atoms with Crippen LogP contribution >= 0.6 is 0 Å². The number of nitrogens with one attached hydrogen (secondary N) is 1. The Morgan fingerprint density at radius 2 is 2.05 bits per heavy atom. The summed E-state index contributed by atoms with van der Waals surface area (Å²) in [6, 6.07) is 0. The maximum Gasteiger partial charge on any atom is 0.193 e. The van der Waals surface area contributed by atoms with Crippen LogP contribution in [-0.2, 0) is 4.74 Å². The Morgan fingerprint density at radius 3 is 2.68 bits per heavy atom. The molecule has 3 fully saturated rings. The number of guanidine groups is 1. The van der Waals surface area contributed by atoms with Crippen LogP contribution in [0.15, 0.2) is 16.6 Å². The van der Waals surface area contributed by atoms with Gasteiger partial charge in [-0.15, -0.1) is 0 Å². The minimum absolute atomic E-state index is 0.533. The molecule has 0 aromatic carbocycles. The number of hydrogen-bond acceptors (Lipinski definition) is 2. The van der Waals surface area contributed by atoms with Crippen molar-refractivity contribution in [3.63, 3.8) is 0 Å². The summed E-state index contributed by atoms with van der Waals surface area (Å²) in [6.07, 6.45) is 12.6. The normalized spacial score (nSPS) is 37.4. The number of ether oxygens (including phenoxy) is 1. The average molecular weight is 303 g/mol. The lowest BCUT2D eigenvalue weighted by Crippen LogP contribution is -2.41. The first-order chi connectivity index (χ1) is 10.8. The number of allylic oxidation sites excluding steroid dienone is 1. The second-order valence-electron chi connectivity index (χ2n) is 7.36. The molecule has 0 saturated carbocycles. The zero-order chi connectivity index (χ0) is 14.9. The number of aliphatic imine (C=N–C) groups is 1. The third kappa shape index (κ3) is 2.66. The molecule has 0 spiro atoms. The standard InChI is InChI=1S/C18H29N3O/c1-19-18(20-10-9-13-5-3-2-4-6-13)21-11-14-15(12-21)17-8-7-16(14)22-17/h5,14-17H,2-4,6-12H2,1H3,(H,19,20). The van der Waals surface area contributed by atoms with E-state index in [9.17, 15) is 0 Å². The molecule has 122 valence electrons. The molecule has 2 bridgehead atoms. The Labute approximate surface area is 134 Å². The van der Waals surface area contributed by atoms with Gasteiger partial charge in [-0.2, -0.15) is 0 Å². The molecule has 3 heterocycles. The summed E-state index contributed by atoms with van der Waals surface area (Å²) in [5.41, 5.74) is 1.64. The van der Waals surface area contributed by atoms with Crippen LogP contribution in [-0.4, -0.2) is 49.7 Å². The van der Waals surface area contributed by atoms with Gasteiger partial charge < -0.3 is 15.0 Å². The van der Waals surface area contributed by atoms with Crippen LogP contribution in [0.25, 0.3) is 0 Å². The first kappa shape index (κ1) is 14.6. The van der Waals surface area contributed by atoms with Gasteiger partial charge in [0.1, 0.15) is 0 Å². The Hall–Kier alpha value is -1.03. The van der Waals surface area contributed by atoms with E-state index in [0.29, 0.717) is 12.2 Å². The highest BCUT2D eigenvalue weighted by atomic mass is 16.5. The fourth-order valence-corrected chi connectivity index (χ4v) is 4.93. The number of hydrogen-bond donors (Lipinski definition) is 1. The molecule has 3 aliphatic heterocycles. The van der Waals surface area contributed by atoms with E-state index in [0.717, 1.165) is 37.4 Å². The molecule has 4 heteroatoms. The smallest absolute Gasteiger partial charge is 0.193 e. The first-order valence-corrected chi connectivity index (χ1v) is 9.14. The first-order valence-electron chi connectivity index (χ1n) is 9.14. The van der Waals surface area contributed by atoms with Crippen LogP contribution in [0, 0.1) is 11.8 Å². The molecule has 4 nitrogen and oxygen atoms in total. The summed E-state index contributed by atoms with van der Waals surface area (Å²) < 4.78 is 6.07. The van der Waals surface area contributed by atoms with E-state index >= 15 is 0 Å². The third-order valence-electron chi connectivity index (χ3n) is 6.08. The molecule has 1 N–H and O–H groups in total. The van der Waals surface area contributed by atoms with E-state index in [1.807, 2.05) is 7.05 Å². The molecular weight excluding hydrogens is 274 g/mol. The predicted octanol–water partition coefficient (Wildman–Crippen LogP) is 2.56. The van der Waals surface area contributed by atoms with Gasteiger partial charge in [0.05, 0.1) is 12.2 Å². The lowest BCUT2D eigenvalue weighted by molar-refractivity contribution is 0.0767. The quantitative estimate of drug-likeness (QED) is 0.494. The average Bonchev–Trinajstić information content (AvgIpc) is 3.25. The highest BCUT2D eigenvalue weighted by Crippen LogP contribution is 2.47. The van der Waals surface area contributed by atoms with Crippen molar-refractivity contribution in [2.75, 3.05) is 26.7 Å². The third-order valence-corrected chi connectivity index (χ3v) is 6.08. The van der Waals surface area contributed by atoms with Gasteiger partial charge >= 0.3 is 0 Å². The number of nitrogens with zero attached hydrogens (tertiary/aromatic N) is 2. The number of rotatable bonds is 3. The van der Waals surface area contributed by atoms with Crippen molar-refractivity contribution in [2.45, 2.75) is 57.2 Å². The fourth-order valence-electron chi connectivity index (χ4n) is 4.93. The molecule has 4 rings (SSSR count). The fraction of sp³-hybridized carbons (Fsp3) is 0.833. The summed E-state index contributed by atoms with van der Waals surface area (Å²) in [4.78, 5) is 6.99. The lowest BCUT2D eigenvalue weighted by atomic mass is 9.82. The molecule has 0 aromatic heterocycles. The number of fused-ring (bicyclic) bond motifs is 5. The Morgan fingerprint density at radius 1 is 1.27 bits per heavy atom. The Kier molecular flexibility index (Phi) is 4.12. The summed E-state index contributed by atoms with van der Waals surface area (Å²) in [5, 5.41) is 3.59. The van der Waals surface area contributed by atoms with Gasteiger partial charge in [-0.3, -0.25) is 4.99 Å². The monoisotopic (exact) mass is 303 g/mol. The predicted molar refractivity (Wildman–Crippen MR) is 89.0 cm³/mol. The molecule has 0 aromatic rings. The summed E-state index contributed by atoms with van der Waals surface area (Å²) in [7, 11) is 1.92. The molecule has 22 heavy (non-hydrogen) atoms. The Bertz CT molecular complexity index is 455. The van der Waals surface area contributed by atoms with Crippen molar-refractivity contribution in [3.8, 4) is 0 Å². The van der Waals surface area contributed by atoms with Crippen molar-refractivity contribution in [3.05, 3.63) is 11.6 Å². The molecular formula is C18H29N3O. The van der Waals surface area contributed by atoms with Gasteiger partial charge in [0.25, 0.3) is 0 Å². The van der Waals surface area contributed by atoms with Gasteiger partial charge in [-0.1, -0.05) is 11.6 Å². The van der Waals surface area contributed by atoms with Crippen molar-refractivity contribution in [2.24, 2.45) is 16.8 Å². The van der Waals surface area contributed by atoms with Crippen LogP contribution in [0.2, 0.25) is 0 Å². The van der Waals surface area contributed by atoms with Gasteiger partial charge in [0.2, 0.25) is 0 Å². The molecule has 4 unspecified atom stereocenters. The van der Waals surface area contributed by atoms with Crippen LogP contribution in [0.1, 0.15) is 44.9 Å². The lowest BCUT2D eigenvalue weighted by Gasteiger charge is -2.24. The highest BCUT2D eigenvalue weighted by Gasteiger charge is 2.53. The molecule has 0 amide bonds. The maximum atomic E-state index is 6.07. The molecule has 3 saturated heterocycles. The van der Waals surface area contributed by atoms with Crippen molar-refractivity contribution in [1.82, 2.24) is 10.2 Å². The van der Waals surface area contributed by atoms with E-state index in [1.54, 1.807) is 5.57 Å². The molecule has 4 atom stereocenters. The van der Waals surface area contributed by atoms with Crippen LogP contribution in [0.4, 0.5) is 0 Å². The van der Waals surface area contributed by atoms with Crippen molar-refractivity contribution in [1.29, 1.82) is 0 Å². The minimum Gasteiger partial charge on any atom is -0.374 e. The topological polar surface area (TPSA) is 36.9 Å². The largest absolute Gasteiger partial charge is 0.374 e. The van der Waals surface area contributed by atoms with Gasteiger partial charge in [0.15, 0.2) is 5.96 Å². The Balaban J connectivity index is 1.29. The zero-order valence-corrected chi connectivity index (χ0v) is 13.8. The van der Waals surface area contributed by atoms with Crippen LogP contribution < -0.4 is 5.32 Å². The maximum absolute atomic E-state index is 6.07. The van der Waals surface area contributed by atoms with Gasteiger partial charge in [-0.05, 0) is 44.9 Å². The minimum atomic E-state index is 0.533. The van der Waals surface area contributed by atoms with E-state index < -0.39 is 0 Å². The van der Waals surface area contributed by atoms with Crippen molar-refractivity contribution >= 4 is 5.96 Å². The zero-order valence-electron chi connectivity index (χ0n) is 13.8. The second kappa shape index (κ2) is 6.23.